The number of benzene rings is 1. The van der Waals surface area contributed by atoms with Gasteiger partial charge in [-0.3, -0.25) is 4.79 Å². The second-order valence-electron chi connectivity index (χ2n) is 8.01. The van der Waals surface area contributed by atoms with Gasteiger partial charge in [0, 0.05) is 38.1 Å². The quantitative estimate of drug-likeness (QED) is 0.721. The molecule has 0 saturated carbocycles. The summed E-state index contributed by atoms with van der Waals surface area (Å²) in [7, 11) is -3.64. The summed E-state index contributed by atoms with van der Waals surface area (Å²) in [6.07, 6.45) is 7.48. The first-order chi connectivity index (χ1) is 14.9. The van der Waals surface area contributed by atoms with Crippen LogP contribution >= 0.6 is 11.6 Å². The van der Waals surface area contributed by atoms with Gasteiger partial charge in [-0.05, 0) is 62.4 Å². The van der Waals surface area contributed by atoms with Gasteiger partial charge in [0.1, 0.15) is 5.82 Å². The Morgan fingerprint density at radius 2 is 1.61 bits per heavy atom. The van der Waals surface area contributed by atoms with E-state index in [4.69, 9.17) is 11.6 Å². The third-order valence-electron chi connectivity index (χ3n) is 5.83. The highest BCUT2D eigenvalue weighted by molar-refractivity contribution is 7.89. The van der Waals surface area contributed by atoms with E-state index in [2.05, 4.69) is 15.2 Å². The molecule has 1 N–H and O–H groups in total. The van der Waals surface area contributed by atoms with Crippen LogP contribution in [0.4, 0.5) is 11.5 Å². The molecular formula is C22H27ClN4O3S. The first-order valence-electron chi connectivity index (χ1n) is 10.8. The number of anilines is 2. The summed E-state index contributed by atoms with van der Waals surface area (Å²) in [4.78, 5) is 19.6. The predicted molar refractivity (Wildman–Crippen MR) is 122 cm³/mol. The molecule has 3 heterocycles. The Morgan fingerprint density at radius 1 is 0.935 bits per heavy atom. The van der Waals surface area contributed by atoms with Crippen LogP contribution in [0.15, 0.2) is 41.4 Å². The Balaban J connectivity index is 1.69. The van der Waals surface area contributed by atoms with Gasteiger partial charge in [0.05, 0.1) is 15.5 Å². The van der Waals surface area contributed by atoms with Crippen LogP contribution in [-0.4, -0.2) is 49.8 Å². The van der Waals surface area contributed by atoms with E-state index in [1.54, 1.807) is 24.3 Å². The molecule has 1 aromatic heterocycles. The fraction of sp³-hybridized carbons (Fsp3) is 0.455. The maximum absolute atomic E-state index is 13.2. The molecule has 7 nitrogen and oxygen atoms in total. The van der Waals surface area contributed by atoms with Gasteiger partial charge in [-0.2, -0.15) is 4.31 Å². The predicted octanol–water partition coefficient (Wildman–Crippen LogP) is 4.15. The van der Waals surface area contributed by atoms with Crippen molar-refractivity contribution >= 4 is 39.0 Å². The zero-order valence-corrected chi connectivity index (χ0v) is 19.0. The molecule has 31 heavy (non-hydrogen) atoms. The fourth-order valence-electron chi connectivity index (χ4n) is 4.16. The highest BCUT2D eigenvalue weighted by atomic mass is 35.5. The summed E-state index contributed by atoms with van der Waals surface area (Å²) >= 11 is 5.88. The van der Waals surface area contributed by atoms with Gasteiger partial charge in [-0.1, -0.05) is 18.0 Å². The Labute approximate surface area is 188 Å². The zero-order chi connectivity index (χ0) is 21.8. The van der Waals surface area contributed by atoms with E-state index in [0.717, 1.165) is 57.3 Å². The maximum atomic E-state index is 13.2. The van der Waals surface area contributed by atoms with Crippen LogP contribution < -0.4 is 10.2 Å². The van der Waals surface area contributed by atoms with E-state index in [1.807, 2.05) is 0 Å². The number of halogens is 1. The van der Waals surface area contributed by atoms with Gasteiger partial charge in [0.25, 0.3) is 5.91 Å². The zero-order valence-electron chi connectivity index (χ0n) is 17.4. The Morgan fingerprint density at radius 3 is 2.26 bits per heavy atom. The molecule has 0 radical (unpaired) electrons. The van der Waals surface area contributed by atoms with E-state index >= 15 is 0 Å². The lowest BCUT2D eigenvalue weighted by Gasteiger charge is -2.31. The molecule has 0 atom stereocenters. The van der Waals surface area contributed by atoms with Gasteiger partial charge >= 0.3 is 0 Å². The fourth-order valence-corrected chi connectivity index (χ4v) is 5.81. The van der Waals surface area contributed by atoms with Crippen LogP contribution in [0, 0.1) is 0 Å². The number of nitrogens with one attached hydrogen (secondary N) is 1. The van der Waals surface area contributed by atoms with Crippen molar-refractivity contribution in [2.45, 2.75) is 43.4 Å². The lowest BCUT2D eigenvalue weighted by atomic mass is 10.1. The van der Waals surface area contributed by atoms with E-state index in [-0.39, 0.29) is 10.8 Å². The highest BCUT2D eigenvalue weighted by Gasteiger charge is 2.28. The number of carbonyl (C=O) groups excluding carboxylic acids is 1. The molecule has 2 fully saturated rings. The lowest BCUT2D eigenvalue weighted by Crippen LogP contribution is -2.36. The first-order valence-corrected chi connectivity index (χ1v) is 12.6. The molecule has 2 aliphatic rings. The van der Waals surface area contributed by atoms with Crippen LogP contribution in [0.5, 0.6) is 0 Å². The SMILES string of the molecule is O=C(Nc1ccc(Cl)cn1)c1cc(S(=O)(=O)N2CCCCC2)ccc1N1CCCCC1. The number of rotatable bonds is 5. The van der Waals surface area contributed by atoms with Crippen molar-refractivity contribution < 1.29 is 13.2 Å². The minimum absolute atomic E-state index is 0.157. The number of aromatic nitrogens is 1. The first kappa shape index (κ1) is 22.0. The summed E-state index contributed by atoms with van der Waals surface area (Å²) in [6.45, 7) is 2.73. The average molecular weight is 463 g/mol. The second-order valence-corrected chi connectivity index (χ2v) is 10.4. The maximum Gasteiger partial charge on any atom is 0.258 e. The molecule has 4 rings (SSSR count). The Bertz CT molecular complexity index is 1030. The van der Waals surface area contributed by atoms with Crippen molar-refractivity contribution in [1.82, 2.24) is 9.29 Å². The molecular weight excluding hydrogens is 436 g/mol. The lowest BCUT2D eigenvalue weighted by molar-refractivity contribution is 0.102. The van der Waals surface area contributed by atoms with E-state index < -0.39 is 10.0 Å². The number of sulfonamides is 1. The van der Waals surface area contributed by atoms with Crippen LogP contribution in [0.25, 0.3) is 0 Å². The summed E-state index contributed by atoms with van der Waals surface area (Å²) < 4.78 is 27.9. The molecule has 1 aromatic carbocycles. The van der Waals surface area contributed by atoms with Gasteiger partial charge in [0.2, 0.25) is 10.0 Å². The molecule has 9 heteroatoms. The monoisotopic (exact) mass is 462 g/mol. The van der Waals surface area contributed by atoms with Crippen molar-refractivity contribution in [2.24, 2.45) is 0 Å². The molecule has 0 spiro atoms. The van der Waals surface area contributed by atoms with Crippen LogP contribution in [0.1, 0.15) is 48.9 Å². The largest absolute Gasteiger partial charge is 0.371 e. The van der Waals surface area contributed by atoms with E-state index in [9.17, 15) is 13.2 Å². The number of nitrogens with zero attached hydrogens (tertiary/aromatic N) is 3. The smallest absolute Gasteiger partial charge is 0.258 e. The van der Waals surface area contributed by atoms with E-state index in [0.29, 0.717) is 29.5 Å². The number of amides is 1. The van der Waals surface area contributed by atoms with Crippen molar-refractivity contribution in [3.63, 3.8) is 0 Å². The molecule has 0 unspecified atom stereocenters. The minimum atomic E-state index is -3.64. The molecule has 1 amide bonds. The number of piperidine rings is 2. The van der Waals surface area contributed by atoms with Gasteiger partial charge in [-0.25, -0.2) is 13.4 Å². The molecule has 166 valence electrons. The third-order valence-corrected chi connectivity index (χ3v) is 7.95. The van der Waals surface area contributed by atoms with Gasteiger partial charge < -0.3 is 10.2 Å². The van der Waals surface area contributed by atoms with Crippen LogP contribution in [0.2, 0.25) is 5.02 Å². The number of pyridine rings is 1. The van der Waals surface area contributed by atoms with Crippen molar-refractivity contribution in [2.75, 3.05) is 36.4 Å². The number of carbonyl (C=O) groups is 1. The standard InChI is InChI=1S/C22H27ClN4O3S/c23-17-7-10-21(24-16-17)25-22(28)19-15-18(31(29,30)27-13-5-2-6-14-27)8-9-20(19)26-11-3-1-4-12-26/h7-10,15-16H,1-6,11-14H2,(H,24,25,28). The van der Waals surface area contributed by atoms with Crippen LogP contribution in [0.3, 0.4) is 0 Å². The number of hydrogen-bond acceptors (Lipinski definition) is 5. The molecule has 2 aromatic rings. The highest BCUT2D eigenvalue weighted by Crippen LogP contribution is 2.30. The van der Waals surface area contributed by atoms with Crippen molar-refractivity contribution in [3.8, 4) is 0 Å². The summed E-state index contributed by atoms with van der Waals surface area (Å²) in [5.74, 6) is -0.0191. The summed E-state index contributed by atoms with van der Waals surface area (Å²) in [5, 5.41) is 3.25. The average Bonchev–Trinajstić information content (AvgIpc) is 2.81. The summed E-state index contributed by atoms with van der Waals surface area (Å²) in [5.41, 5.74) is 1.10. The van der Waals surface area contributed by atoms with Crippen molar-refractivity contribution in [3.05, 3.63) is 47.1 Å². The summed E-state index contributed by atoms with van der Waals surface area (Å²) in [6, 6.07) is 8.18. The number of hydrogen-bond donors (Lipinski definition) is 1. The third kappa shape index (κ3) is 5.02. The van der Waals surface area contributed by atoms with Crippen molar-refractivity contribution in [1.29, 1.82) is 0 Å². The van der Waals surface area contributed by atoms with Gasteiger partial charge in [0.15, 0.2) is 0 Å². The molecule has 0 bridgehead atoms. The van der Waals surface area contributed by atoms with Gasteiger partial charge in [-0.15, -0.1) is 0 Å². The molecule has 2 aliphatic heterocycles. The second kappa shape index (κ2) is 9.54. The van der Waals surface area contributed by atoms with Crippen LogP contribution in [-0.2, 0) is 10.0 Å². The minimum Gasteiger partial charge on any atom is -0.371 e. The molecule has 0 aliphatic carbocycles. The Kier molecular flexibility index (Phi) is 6.79. The Hall–Kier alpha value is -2.16. The topological polar surface area (TPSA) is 82.6 Å². The normalized spacial score (nSPS) is 18.0. The van der Waals surface area contributed by atoms with E-state index in [1.165, 1.54) is 16.6 Å². The molecule has 2 saturated heterocycles.